The van der Waals surface area contributed by atoms with Gasteiger partial charge in [-0.15, -0.1) is 0 Å². The Morgan fingerprint density at radius 1 is 0.882 bits per heavy atom. The van der Waals surface area contributed by atoms with Crippen molar-refractivity contribution in [2.45, 2.75) is 13.3 Å². The molecule has 0 saturated heterocycles. The Bertz CT molecular complexity index is 553. The topological polar surface area (TPSA) is 0 Å². The maximum absolute atomic E-state index is 2.32. The first-order chi connectivity index (χ1) is 7.84. The SMILES string of the molecule is CC1=Cc2c(cccc2-c2ccccc2)C1.[LiH]. The molecule has 1 heteroatoms. The number of hydrogen-bond acceptors (Lipinski definition) is 0. The Balaban J connectivity index is 0.00000108. The molecule has 0 amide bonds. The van der Waals surface area contributed by atoms with Gasteiger partial charge in [0, 0.05) is 0 Å². The van der Waals surface area contributed by atoms with Crippen molar-refractivity contribution in [2.75, 3.05) is 0 Å². The molecule has 0 unspecified atom stereocenters. The Kier molecular flexibility index (Phi) is 3.57. The van der Waals surface area contributed by atoms with E-state index in [4.69, 9.17) is 0 Å². The molecule has 0 spiro atoms. The summed E-state index contributed by atoms with van der Waals surface area (Å²) in [6.45, 7) is 2.20. The van der Waals surface area contributed by atoms with E-state index in [0.29, 0.717) is 0 Å². The number of hydrogen-bond donors (Lipinski definition) is 0. The van der Waals surface area contributed by atoms with Gasteiger partial charge in [-0.1, -0.05) is 60.2 Å². The molecule has 0 atom stereocenters. The zero-order valence-corrected chi connectivity index (χ0v) is 9.40. The molecule has 2 aromatic rings. The number of rotatable bonds is 1. The van der Waals surface area contributed by atoms with Crippen LogP contribution in [0.4, 0.5) is 0 Å². The molecule has 0 N–H and O–H groups in total. The van der Waals surface area contributed by atoms with Gasteiger partial charge in [-0.05, 0) is 35.6 Å². The summed E-state index contributed by atoms with van der Waals surface area (Å²) in [6.07, 6.45) is 3.42. The molecule has 80 valence electrons. The summed E-state index contributed by atoms with van der Waals surface area (Å²) >= 11 is 0. The molecule has 1 aliphatic carbocycles. The summed E-state index contributed by atoms with van der Waals surface area (Å²) in [5, 5.41) is 0. The van der Waals surface area contributed by atoms with Gasteiger partial charge in [0.05, 0.1) is 0 Å². The van der Waals surface area contributed by atoms with Crippen molar-refractivity contribution in [2.24, 2.45) is 0 Å². The average Bonchev–Trinajstić information content (AvgIpc) is 2.70. The Morgan fingerprint density at radius 2 is 1.65 bits per heavy atom. The van der Waals surface area contributed by atoms with Gasteiger partial charge in [0.25, 0.3) is 0 Å². The standard InChI is InChI=1S/C16H14.Li.H/c1-12-10-14-8-5-9-15(16(14)11-12)13-6-3-2-4-7-13;;/h2-9,11H,10H2,1H3;;. The van der Waals surface area contributed by atoms with E-state index in [9.17, 15) is 0 Å². The first-order valence-electron chi connectivity index (χ1n) is 5.69. The van der Waals surface area contributed by atoms with Gasteiger partial charge < -0.3 is 0 Å². The molecule has 0 aromatic heterocycles. The fourth-order valence-corrected chi connectivity index (χ4v) is 2.40. The third-order valence-corrected chi connectivity index (χ3v) is 3.14. The number of benzene rings is 2. The summed E-state index contributed by atoms with van der Waals surface area (Å²) in [6, 6.07) is 17.2. The zero-order chi connectivity index (χ0) is 11.0. The summed E-state index contributed by atoms with van der Waals surface area (Å²) in [7, 11) is 0. The minimum atomic E-state index is 0. The quantitative estimate of drug-likeness (QED) is 0.635. The summed E-state index contributed by atoms with van der Waals surface area (Å²) < 4.78 is 0. The first kappa shape index (κ1) is 12.2. The fourth-order valence-electron chi connectivity index (χ4n) is 2.40. The summed E-state index contributed by atoms with van der Waals surface area (Å²) in [4.78, 5) is 0. The molecule has 0 fully saturated rings. The van der Waals surface area contributed by atoms with Crippen molar-refractivity contribution in [3.63, 3.8) is 0 Å². The molecule has 3 rings (SSSR count). The fraction of sp³-hybridized carbons (Fsp3) is 0.125. The number of fused-ring (bicyclic) bond motifs is 1. The monoisotopic (exact) mass is 214 g/mol. The predicted octanol–water partition coefficient (Wildman–Crippen LogP) is 3.66. The Labute approximate surface area is 115 Å². The van der Waals surface area contributed by atoms with Crippen molar-refractivity contribution >= 4 is 24.9 Å². The van der Waals surface area contributed by atoms with E-state index in [2.05, 4.69) is 61.5 Å². The molecular formula is C16H15Li. The van der Waals surface area contributed by atoms with E-state index in [1.165, 1.54) is 27.8 Å². The molecule has 0 heterocycles. The van der Waals surface area contributed by atoms with Crippen molar-refractivity contribution in [3.05, 3.63) is 65.2 Å². The zero-order valence-electron chi connectivity index (χ0n) is 9.40. The molecule has 2 aromatic carbocycles. The van der Waals surface area contributed by atoms with E-state index in [-0.39, 0.29) is 18.9 Å². The summed E-state index contributed by atoms with van der Waals surface area (Å²) in [5.41, 5.74) is 6.99. The molecule has 0 radical (unpaired) electrons. The minimum absolute atomic E-state index is 0. The van der Waals surface area contributed by atoms with Crippen molar-refractivity contribution in [1.29, 1.82) is 0 Å². The second-order valence-electron chi connectivity index (χ2n) is 4.41. The van der Waals surface area contributed by atoms with Crippen LogP contribution in [0.2, 0.25) is 0 Å². The van der Waals surface area contributed by atoms with Crippen LogP contribution in [0.3, 0.4) is 0 Å². The maximum atomic E-state index is 2.32. The van der Waals surface area contributed by atoms with E-state index in [1.807, 2.05) is 0 Å². The molecule has 0 nitrogen and oxygen atoms in total. The Hall–Kier alpha value is -1.22. The van der Waals surface area contributed by atoms with Gasteiger partial charge in [0.1, 0.15) is 0 Å². The van der Waals surface area contributed by atoms with Gasteiger partial charge in [0.2, 0.25) is 0 Å². The Morgan fingerprint density at radius 3 is 2.41 bits per heavy atom. The molecular weight excluding hydrogens is 199 g/mol. The second kappa shape index (κ2) is 4.96. The average molecular weight is 214 g/mol. The molecule has 1 aliphatic rings. The van der Waals surface area contributed by atoms with Crippen molar-refractivity contribution < 1.29 is 0 Å². The van der Waals surface area contributed by atoms with Crippen LogP contribution < -0.4 is 0 Å². The summed E-state index contributed by atoms with van der Waals surface area (Å²) in [5.74, 6) is 0. The van der Waals surface area contributed by atoms with Gasteiger partial charge in [0.15, 0.2) is 0 Å². The van der Waals surface area contributed by atoms with Gasteiger partial charge >= 0.3 is 18.9 Å². The van der Waals surface area contributed by atoms with Crippen molar-refractivity contribution in [3.8, 4) is 11.1 Å². The van der Waals surface area contributed by atoms with Crippen LogP contribution in [0, 0.1) is 0 Å². The number of allylic oxidation sites excluding steroid dienone is 1. The van der Waals surface area contributed by atoms with Crippen LogP contribution in [0.5, 0.6) is 0 Å². The predicted molar refractivity (Wildman–Crippen MR) is 76.4 cm³/mol. The van der Waals surface area contributed by atoms with Crippen LogP contribution in [0.1, 0.15) is 18.1 Å². The van der Waals surface area contributed by atoms with Crippen LogP contribution in [-0.4, -0.2) is 18.9 Å². The molecule has 0 aliphatic heterocycles. The third-order valence-electron chi connectivity index (χ3n) is 3.14. The molecule has 0 bridgehead atoms. The molecule has 0 saturated carbocycles. The van der Waals surface area contributed by atoms with Gasteiger partial charge in [-0.3, -0.25) is 0 Å². The third kappa shape index (κ3) is 2.25. The van der Waals surface area contributed by atoms with Gasteiger partial charge in [-0.25, -0.2) is 0 Å². The van der Waals surface area contributed by atoms with E-state index in [1.54, 1.807) is 0 Å². The normalized spacial score (nSPS) is 12.6. The second-order valence-corrected chi connectivity index (χ2v) is 4.41. The molecule has 17 heavy (non-hydrogen) atoms. The first-order valence-corrected chi connectivity index (χ1v) is 5.69. The van der Waals surface area contributed by atoms with E-state index < -0.39 is 0 Å². The van der Waals surface area contributed by atoms with E-state index >= 15 is 0 Å². The van der Waals surface area contributed by atoms with Gasteiger partial charge in [-0.2, -0.15) is 0 Å². The van der Waals surface area contributed by atoms with Crippen LogP contribution in [0.15, 0.2) is 54.1 Å². The van der Waals surface area contributed by atoms with Crippen molar-refractivity contribution in [1.82, 2.24) is 0 Å². The van der Waals surface area contributed by atoms with Crippen LogP contribution in [0.25, 0.3) is 17.2 Å². The van der Waals surface area contributed by atoms with Crippen LogP contribution in [-0.2, 0) is 6.42 Å². The van der Waals surface area contributed by atoms with E-state index in [0.717, 1.165) is 6.42 Å². The van der Waals surface area contributed by atoms with Crippen LogP contribution >= 0.6 is 0 Å².